The van der Waals surface area contributed by atoms with Crippen LogP contribution in [0.25, 0.3) is 6.08 Å². The van der Waals surface area contributed by atoms with Crippen molar-refractivity contribution in [1.82, 2.24) is 0 Å². The van der Waals surface area contributed by atoms with Gasteiger partial charge in [0, 0.05) is 14.6 Å². The Morgan fingerprint density at radius 3 is 2.23 bits per heavy atom. The summed E-state index contributed by atoms with van der Waals surface area (Å²) < 4.78 is 9.50. The molecular formula is C23H14Br3IN2O2. The molecule has 3 rings (SSSR count). The summed E-state index contributed by atoms with van der Waals surface area (Å²) in [6, 6.07) is 20.7. The zero-order valence-corrected chi connectivity index (χ0v) is 22.7. The number of rotatable bonds is 6. The first-order chi connectivity index (χ1) is 14.9. The lowest BCUT2D eigenvalue weighted by molar-refractivity contribution is -0.112. The number of nitrogens with zero attached hydrogens (tertiary/aromatic N) is 1. The molecule has 3 aromatic carbocycles. The van der Waals surface area contributed by atoms with Gasteiger partial charge in [-0.3, -0.25) is 4.79 Å². The lowest BCUT2D eigenvalue weighted by atomic mass is 10.1. The van der Waals surface area contributed by atoms with E-state index in [1.165, 1.54) is 0 Å². The van der Waals surface area contributed by atoms with E-state index in [1.54, 1.807) is 18.2 Å². The summed E-state index contributed by atoms with van der Waals surface area (Å²) in [5.74, 6) is 0.241. The second-order valence-corrected chi connectivity index (χ2v) is 10.2. The Morgan fingerprint density at radius 1 is 1.03 bits per heavy atom. The molecule has 0 aromatic heterocycles. The third-order valence-electron chi connectivity index (χ3n) is 4.10. The third kappa shape index (κ3) is 6.91. The van der Waals surface area contributed by atoms with Gasteiger partial charge in [0.15, 0.2) is 0 Å². The van der Waals surface area contributed by atoms with Crippen LogP contribution in [-0.4, -0.2) is 5.91 Å². The molecule has 0 saturated heterocycles. The van der Waals surface area contributed by atoms with Crippen LogP contribution in [0.1, 0.15) is 11.1 Å². The summed E-state index contributed by atoms with van der Waals surface area (Å²) >= 11 is 12.5. The van der Waals surface area contributed by atoms with E-state index in [0.29, 0.717) is 18.0 Å². The van der Waals surface area contributed by atoms with E-state index in [1.807, 2.05) is 54.6 Å². The largest absolute Gasteiger partial charge is 0.487 e. The monoisotopic (exact) mass is 714 g/mol. The molecule has 4 nitrogen and oxygen atoms in total. The molecule has 31 heavy (non-hydrogen) atoms. The number of amides is 1. The van der Waals surface area contributed by atoms with Gasteiger partial charge in [-0.05, 0) is 104 Å². The van der Waals surface area contributed by atoms with Crippen molar-refractivity contribution in [3.8, 4) is 11.8 Å². The van der Waals surface area contributed by atoms with Crippen molar-refractivity contribution in [1.29, 1.82) is 5.26 Å². The Bertz CT molecular complexity index is 1150. The average Bonchev–Trinajstić information content (AvgIpc) is 2.74. The molecule has 0 aliphatic heterocycles. The highest BCUT2D eigenvalue weighted by Gasteiger charge is 2.13. The van der Waals surface area contributed by atoms with Gasteiger partial charge in [-0.2, -0.15) is 5.26 Å². The molecule has 0 spiro atoms. The molecule has 0 aliphatic rings. The molecule has 156 valence electrons. The predicted molar refractivity (Wildman–Crippen MR) is 142 cm³/mol. The zero-order valence-electron chi connectivity index (χ0n) is 15.8. The Hall–Kier alpha value is -1.67. The molecule has 0 radical (unpaired) electrons. The standard InChI is InChI=1S/C23H14Br3IN2O2/c24-17-3-1-14(2-4-17)13-31-22-20(26)10-15(11-21(22)27)9-16(12-28)23(30)29-19-7-5-18(25)6-8-19/h1-11H,13H2,(H,29,30)/b16-9-. The van der Waals surface area contributed by atoms with Crippen LogP contribution >= 0.6 is 70.4 Å². The summed E-state index contributed by atoms with van der Waals surface area (Å²) in [7, 11) is 0. The highest BCUT2D eigenvalue weighted by Crippen LogP contribution is 2.33. The average molecular weight is 717 g/mol. The second kappa shape index (κ2) is 11.3. The van der Waals surface area contributed by atoms with E-state index in [2.05, 4.69) is 75.7 Å². The predicted octanol–water partition coefficient (Wildman–Crippen LogP) is 7.70. The van der Waals surface area contributed by atoms with Gasteiger partial charge in [0.25, 0.3) is 5.91 Å². The van der Waals surface area contributed by atoms with Gasteiger partial charge in [-0.15, -0.1) is 0 Å². The molecule has 1 N–H and O–H groups in total. The number of carbonyl (C=O) groups is 1. The molecule has 0 heterocycles. The van der Waals surface area contributed by atoms with Crippen LogP contribution < -0.4 is 10.1 Å². The minimum absolute atomic E-state index is 0.00847. The molecule has 8 heteroatoms. The number of benzene rings is 3. The third-order valence-corrected chi connectivity index (χ3v) is 6.54. The molecule has 0 unspecified atom stereocenters. The Labute approximate surface area is 219 Å². The van der Waals surface area contributed by atoms with Crippen LogP contribution in [0.5, 0.6) is 5.75 Å². The maximum absolute atomic E-state index is 12.5. The summed E-state index contributed by atoms with van der Waals surface area (Å²) in [6.07, 6.45) is 1.56. The molecule has 0 fully saturated rings. The second-order valence-electron chi connectivity index (χ2n) is 6.36. The number of anilines is 1. The van der Waals surface area contributed by atoms with E-state index < -0.39 is 5.91 Å². The number of nitriles is 1. The summed E-state index contributed by atoms with van der Waals surface area (Å²) in [5, 5.41) is 12.2. The van der Waals surface area contributed by atoms with Gasteiger partial charge in [0.2, 0.25) is 0 Å². The summed E-state index contributed by atoms with van der Waals surface area (Å²) in [4.78, 5) is 12.5. The van der Waals surface area contributed by atoms with Gasteiger partial charge in [-0.25, -0.2) is 0 Å². The lowest BCUT2D eigenvalue weighted by Gasteiger charge is -2.12. The van der Waals surface area contributed by atoms with Gasteiger partial charge >= 0.3 is 0 Å². The number of nitrogens with one attached hydrogen (secondary N) is 1. The highest BCUT2D eigenvalue weighted by atomic mass is 127. The molecule has 0 saturated carbocycles. The van der Waals surface area contributed by atoms with Gasteiger partial charge < -0.3 is 10.1 Å². The van der Waals surface area contributed by atoms with Crippen LogP contribution in [0.3, 0.4) is 0 Å². The van der Waals surface area contributed by atoms with Gasteiger partial charge in [0.1, 0.15) is 24.0 Å². The molecule has 3 aromatic rings. The van der Waals surface area contributed by atoms with Crippen LogP contribution in [0, 0.1) is 14.9 Å². The zero-order chi connectivity index (χ0) is 22.4. The quantitative estimate of drug-likeness (QED) is 0.162. The number of hydrogen-bond acceptors (Lipinski definition) is 3. The smallest absolute Gasteiger partial charge is 0.266 e. The fraction of sp³-hybridized carbons (Fsp3) is 0.0435. The SMILES string of the molecule is N#C/C(=C/c1cc(Br)c(OCc2ccc(Br)cc2)c(I)c1)C(=O)Nc1ccc(Br)cc1. The van der Waals surface area contributed by atoms with E-state index in [0.717, 1.165) is 28.1 Å². The van der Waals surface area contributed by atoms with Gasteiger partial charge in [0.05, 0.1) is 8.04 Å². The first kappa shape index (κ1) is 24.0. The number of hydrogen-bond donors (Lipinski definition) is 1. The first-order valence-corrected chi connectivity index (χ1v) is 12.4. The minimum Gasteiger partial charge on any atom is -0.487 e. The number of ether oxygens (including phenoxy) is 1. The fourth-order valence-corrected chi connectivity index (χ4v) is 4.88. The number of halogens is 4. The van der Waals surface area contributed by atoms with E-state index in [4.69, 9.17) is 4.74 Å². The summed E-state index contributed by atoms with van der Waals surface area (Å²) in [5.41, 5.74) is 2.39. The van der Waals surface area contributed by atoms with E-state index in [9.17, 15) is 10.1 Å². The van der Waals surface area contributed by atoms with Crippen LogP contribution in [-0.2, 0) is 11.4 Å². The Kier molecular flexibility index (Phi) is 8.72. The minimum atomic E-state index is -0.466. The van der Waals surface area contributed by atoms with E-state index >= 15 is 0 Å². The molecular weight excluding hydrogens is 703 g/mol. The van der Waals surface area contributed by atoms with E-state index in [-0.39, 0.29) is 5.57 Å². The topological polar surface area (TPSA) is 62.1 Å². The highest BCUT2D eigenvalue weighted by molar-refractivity contribution is 14.1. The maximum Gasteiger partial charge on any atom is 0.266 e. The van der Waals surface area contributed by atoms with Crippen molar-refractivity contribution >= 4 is 88.1 Å². The van der Waals surface area contributed by atoms with Crippen LogP contribution in [0.2, 0.25) is 0 Å². The molecule has 0 bridgehead atoms. The van der Waals surface area contributed by atoms with Crippen molar-refractivity contribution < 1.29 is 9.53 Å². The first-order valence-electron chi connectivity index (χ1n) is 8.90. The number of carbonyl (C=O) groups excluding carboxylic acids is 1. The van der Waals surface area contributed by atoms with Crippen molar-refractivity contribution in [2.24, 2.45) is 0 Å². The molecule has 0 atom stereocenters. The Morgan fingerprint density at radius 2 is 1.65 bits per heavy atom. The molecule has 0 aliphatic carbocycles. The fourth-order valence-electron chi connectivity index (χ4n) is 2.58. The Balaban J connectivity index is 1.76. The van der Waals surface area contributed by atoms with Crippen LogP contribution in [0.15, 0.2) is 79.7 Å². The van der Waals surface area contributed by atoms with Gasteiger partial charge in [-0.1, -0.05) is 44.0 Å². The van der Waals surface area contributed by atoms with Crippen molar-refractivity contribution in [2.75, 3.05) is 5.32 Å². The lowest BCUT2D eigenvalue weighted by Crippen LogP contribution is -2.13. The van der Waals surface area contributed by atoms with Crippen molar-refractivity contribution in [3.05, 3.63) is 94.4 Å². The van der Waals surface area contributed by atoms with Crippen LogP contribution in [0.4, 0.5) is 5.69 Å². The van der Waals surface area contributed by atoms with Crippen molar-refractivity contribution in [2.45, 2.75) is 6.61 Å². The summed E-state index contributed by atoms with van der Waals surface area (Å²) in [6.45, 7) is 0.427. The normalized spacial score (nSPS) is 11.0. The molecule has 1 amide bonds. The van der Waals surface area contributed by atoms with Crippen molar-refractivity contribution in [3.63, 3.8) is 0 Å². The maximum atomic E-state index is 12.5.